The first-order valence-electron chi connectivity index (χ1n) is 6.46. The summed E-state index contributed by atoms with van der Waals surface area (Å²) in [5.74, 6) is 0.00998. The number of amides is 1. The maximum absolute atomic E-state index is 11.9. The molecule has 0 unspecified atom stereocenters. The van der Waals surface area contributed by atoms with Crippen LogP contribution in [0, 0.1) is 4.77 Å². The predicted molar refractivity (Wildman–Crippen MR) is 84.6 cm³/mol. The summed E-state index contributed by atoms with van der Waals surface area (Å²) < 4.78 is 2.48. The molecule has 0 aliphatic rings. The molecule has 0 aliphatic carbocycles. The Morgan fingerprint density at radius 1 is 1.45 bits per heavy atom. The smallest absolute Gasteiger partial charge is 0.222 e. The number of nitrogens with zero attached hydrogens (tertiary/aromatic N) is 1. The zero-order chi connectivity index (χ0) is 14.9. The molecule has 6 heteroatoms. The Kier molecular flexibility index (Phi) is 4.20. The average molecular weight is 312 g/mol. The number of aryl methyl sites for hydroxylation is 1. The fourth-order valence-electron chi connectivity index (χ4n) is 2.06. The first-order chi connectivity index (χ1) is 9.28. The van der Waals surface area contributed by atoms with E-state index in [-0.39, 0.29) is 11.4 Å². The minimum atomic E-state index is -0.220. The number of aromatic amines is 1. The van der Waals surface area contributed by atoms with Crippen molar-refractivity contribution in [3.8, 4) is 0 Å². The standard InChI is InChI=1S/C14H18ClN3OS/c1-14(2,3)17-11(19)7-8-18-10-6-4-5-9(15)12(10)16-13(18)20/h4-6H,7-8H2,1-3H3,(H,16,20)(H,17,19). The molecule has 0 atom stereocenters. The Morgan fingerprint density at radius 2 is 2.15 bits per heavy atom. The van der Waals surface area contributed by atoms with Crippen LogP contribution in [-0.4, -0.2) is 21.0 Å². The fourth-order valence-corrected chi connectivity index (χ4v) is 2.57. The number of para-hydroxylation sites is 1. The van der Waals surface area contributed by atoms with Gasteiger partial charge in [0, 0.05) is 18.5 Å². The second kappa shape index (κ2) is 5.58. The van der Waals surface area contributed by atoms with Gasteiger partial charge < -0.3 is 14.9 Å². The summed E-state index contributed by atoms with van der Waals surface area (Å²) in [5.41, 5.74) is 1.52. The van der Waals surface area contributed by atoms with Crippen molar-refractivity contribution in [1.29, 1.82) is 0 Å². The number of hydrogen-bond acceptors (Lipinski definition) is 2. The molecule has 20 heavy (non-hydrogen) atoms. The molecule has 1 aromatic carbocycles. The predicted octanol–water partition coefficient (Wildman–Crippen LogP) is 3.66. The van der Waals surface area contributed by atoms with E-state index in [0.29, 0.717) is 22.8 Å². The summed E-state index contributed by atoms with van der Waals surface area (Å²) in [6.07, 6.45) is 0.380. The number of benzene rings is 1. The number of hydrogen-bond donors (Lipinski definition) is 2. The van der Waals surface area contributed by atoms with E-state index >= 15 is 0 Å². The lowest BCUT2D eigenvalue weighted by Crippen LogP contribution is -2.40. The molecule has 0 bridgehead atoms. The van der Waals surface area contributed by atoms with Crippen molar-refractivity contribution < 1.29 is 4.79 Å². The van der Waals surface area contributed by atoms with Gasteiger partial charge in [-0.2, -0.15) is 0 Å². The third-order valence-corrected chi connectivity index (χ3v) is 3.47. The third-order valence-electron chi connectivity index (χ3n) is 2.84. The molecular weight excluding hydrogens is 294 g/mol. The van der Waals surface area contributed by atoms with Crippen LogP contribution in [0.3, 0.4) is 0 Å². The number of fused-ring (bicyclic) bond motifs is 1. The van der Waals surface area contributed by atoms with Crippen molar-refractivity contribution in [2.75, 3.05) is 0 Å². The number of imidazole rings is 1. The van der Waals surface area contributed by atoms with Crippen LogP contribution in [0.25, 0.3) is 11.0 Å². The van der Waals surface area contributed by atoms with Crippen molar-refractivity contribution in [3.05, 3.63) is 28.0 Å². The topological polar surface area (TPSA) is 49.8 Å². The molecule has 0 spiro atoms. The average Bonchev–Trinajstić information content (AvgIpc) is 2.62. The lowest BCUT2D eigenvalue weighted by molar-refractivity contribution is -0.122. The molecule has 0 aliphatic heterocycles. The van der Waals surface area contributed by atoms with Crippen molar-refractivity contribution in [1.82, 2.24) is 14.9 Å². The first-order valence-corrected chi connectivity index (χ1v) is 7.24. The summed E-state index contributed by atoms with van der Waals surface area (Å²) in [6.45, 7) is 6.41. The maximum Gasteiger partial charge on any atom is 0.222 e. The first kappa shape index (κ1) is 15.1. The van der Waals surface area contributed by atoms with Gasteiger partial charge in [-0.05, 0) is 45.1 Å². The van der Waals surface area contributed by atoms with Gasteiger partial charge in [-0.3, -0.25) is 4.79 Å². The van der Waals surface area contributed by atoms with Crippen LogP contribution < -0.4 is 5.32 Å². The summed E-state index contributed by atoms with van der Waals surface area (Å²) in [4.78, 5) is 15.0. The molecule has 2 N–H and O–H groups in total. The number of halogens is 1. The van der Waals surface area contributed by atoms with Crippen LogP contribution >= 0.6 is 23.8 Å². The van der Waals surface area contributed by atoms with Crippen LogP contribution in [-0.2, 0) is 11.3 Å². The number of nitrogens with one attached hydrogen (secondary N) is 2. The van der Waals surface area contributed by atoms with Gasteiger partial charge in [0.1, 0.15) is 0 Å². The second-order valence-corrected chi connectivity index (χ2v) is 6.56. The molecule has 1 amide bonds. The van der Waals surface area contributed by atoms with E-state index in [1.165, 1.54) is 0 Å². The highest BCUT2D eigenvalue weighted by atomic mass is 35.5. The number of aromatic nitrogens is 2. The van der Waals surface area contributed by atoms with E-state index in [4.69, 9.17) is 23.8 Å². The largest absolute Gasteiger partial charge is 0.351 e. The Balaban J connectivity index is 2.19. The number of H-pyrrole nitrogens is 1. The van der Waals surface area contributed by atoms with E-state index in [9.17, 15) is 4.79 Å². The van der Waals surface area contributed by atoms with Crippen molar-refractivity contribution in [2.24, 2.45) is 0 Å². The lowest BCUT2D eigenvalue weighted by Gasteiger charge is -2.20. The van der Waals surface area contributed by atoms with Crippen LogP contribution in [0.2, 0.25) is 5.02 Å². The lowest BCUT2D eigenvalue weighted by atomic mass is 10.1. The summed E-state index contributed by atoms with van der Waals surface area (Å²) in [5, 5.41) is 3.57. The molecule has 2 aromatic rings. The second-order valence-electron chi connectivity index (χ2n) is 5.76. The van der Waals surface area contributed by atoms with Crippen LogP contribution in [0.5, 0.6) is 0 Å². The van der Waals surface area contributed by atoms with E-state index in [0.717, 1.165) is 11.0 Å². The van der Waals surface area contributed by atoms with E-state index < -0.39 is 0 Å². The molecule has 1 aromatic heterocycles. The Bertz CT molecular complexity index is 696. The molecule has 0 radical (unpaired) electrons. The van der Waals surface area contributed by atoms with Gasteiger partial charge in [-0.15, -0.1) is 0 Å². The highest BCUT2D eigenvalue weighted by Gasteiger charge is 2.14. The summed E-state index contributed by atoms with van der Waals surface area (Å²) in [7, 11) is 0. The molecule has 0 fully saturated rings. The van der Waals surface area contributed by atoms with Crippen molar-refractivity contribution in [2.45, 2.75) is 39.3 Å². The maximum atomic E-state index is 11.9. The van der Waals surface area contributed by atoms with E-state index in [2.05, 4.69) is 10.3 Å². The van der Waals surface area contributed by atoms with E-state index in [1.54, 1.807) is 0 Å². The van der Waals surface area contributed by atoms with Crippen LogP contribution in [0.15, 0.2) is 18.2 Å². The quantitative estimate of drug-likeness (QED) is 0.850. The molecular formula is C14H18ClN3OS. The Hall–Kier alpha value is -1.33. The fraction of sp³-hybridized carbons (Fsp3) is 0.429. The number of carbonyl (C=O) groups is 1. The molecule has 0 saturated heterocycles. The normalized spacial score (nSPS) is 11.8. The minimum Gasteiger partial charge on any atom is -0.351 e. The van der Waals surface area contributed by atoms with Gasteiger partial charge >= 0.3 is 0 Å². The van der Waals surface area contributed by atoms with E-state index in [1.807, 2.05) is 43.5 Å². The van der Waals surface area contributed by atoms with Crippen LogP contribution in [0.4, 0.5) is 0 Å². The van der Waals surface area contributed by atoms with Gasteiger partial charge in [0.2, 0.25) is 5.91 Å². The van der Waals surface area contributed by atoms with Crippen molar-refractivity contribution in [3.63, 3.8) is 0 Å². The van der Waals surface area contributed by atoms with Gasteiger partial charge in [0.05, 0.1) is 16.1 Å². The molecule has 4 nitrogen and oxygen atoms in total. The Morgan fingerprint density at radius 3 is 2.80 bits per heavy atom. The van der Waals surface area contributed by atoms with Crippen molar-refractivity contribution >= 4 is 40.8 Å². The minimum absolute atomic E-state index is 0.00998. The monoisotopic (exact) mass is 311 g/mol. The summed E-state index contributed by atoms with van der Waals surface area (Å²) >= 11 is 11.4. The Labute approximate surface area is 128 Å². The molecule has 2 rings (SSSR count). The molecule has 0 saturated carbocycles. The highest BCUT2D eigenvalue weighted by molar-refractivity contribution is 7.71. The molecule has 1 heterocycles. The van der Waals surface area contributed by atoms with Gasteiger partial charge in [-0.1, -0.05) is 17.7 Å². The van der Waals surface area contributed by atoms with Gasteiger partial charge in [-0.25, -0.2) is 0 Å². The number of carbonyl (C=O) groups excluding carboxylic acids is 1. The van der Waals surface area contributed by atoms with Gasteiger partial charge in [0.15, 0.2) is 4.77 Å². The third kappa shape index (κ3) is 3.41. The SMILES string of the molecule is CC(C)(C)NC(=O)CCn1c(=S)[nH]c2c(Cl)cccc21. The number of rotatable bonds is 3. The molecule has 108 valence electrons. The van der Waals surface area contributed by atoms with Gasteiger partial charge in [0.25, 0.3) is 0 Å². The van der Waals surface area contributed by atoms with Crippen LogP contribution in [0.1, 0.15) is 27.2 Å². The zero-order valence-electron chi connectivity index (χ0n) is 11.8. The zero-order valence-corrected chi connectivity index (χ0v) is 13.4. The summed E-state index contributed by atoms with van der Waals surface area (Å²) in [6, 6.07) is 5.62. The highest BCUT2D eigenvalue weighted by Crippen LogP contribution is 2.22.